The Kier molecular flexibility index (Phi) is 3.59. The molecule has 0 atom stereocenters. The lowest BCUT2D eigenvalue weighted by Crippen LogP contribution is -1.75. The van der Waals surface area contributed by atoms with Crippen molar-refractivity contribution >= 4 is 96.2 Å². The molecule has 7 aromatic rings. The molecule has 0 N–H and O–H groups in total. The highest BCUT2D eigenvalue weighted by molar-refractivity contribution is 7.28. The minimum absolute atomic E-state index is 0.821. The maximum atomic E-state index is 6.47. The Bertz CT molecular complexity index is 1770. The van der Waals surface area contributed by atoms with E-state index in [0.29, 0.717) is 0 Å². The lowest BCUT2D eigenvalue weighted by molar-refractivity contribution is 1.49. The van der Waals surface area contributed by atoms with Crippen LogP contribution in [0.5, 0.6) is 0 Å². The van der Waals surface area contributed by atoms with Crippen molar-refractivity contribution in [1.29, 1.82) is 0 Å². The van der Waals surface area contributed by atoms with E-state index < -0.39 is 0 Å². The Morgan fingerprint density at radius 2 is 1.50 bits per heavy atom. The first-order chi connectivity index (χ1) is 14.8. The molecule has 1 nitrogen and oxygen atoms in total. The van der Waals surface area contributed by atoms with Crippen molar-refractivity contribution in [3.63, 3.8) is 0 Å². The Hall–Kier alpha value is -2.50. The smallest absolute Gasteiger partial charge is 0.124 e. The van der Waals surface area contributed by atoms with Crippen LogP contribution in [-0.4, -0.2) is 4.98 Å². The van der Waals surface area contributed by atoms with Crippen molar-refractivity contribution in [3.8, 4) is 10.6 Å². The van der Waals surface area contributed by atoms with Crippen molar-refractivity contribution in [3.05, 3.63) is 77.8 Å². The third-order valence-corrected chi connectivity index (χ3v) is 9.50. The molecule has 0 saturated carbocycles. The Balaban J connectivity index is 1.49. The number of aromatic nitrogens is 1. The molecule has 0 aliphatic carbocycles. The largest absolute Gasteiger partial charge is 0.236 e. The highest BCUT2D eigenvalue weighted by Gasteiger charge is 2.15. The molecule has 0 amide bonds. The Labute approximate surface area is 188 Å². The average Bonchev–Trinajstić information content (AvgIpc) is 3.46. The van der Waals surface area contributed by atoms with Crippen molar-refractivity contribution < 1.29 is 0 Å². The number of benzene rings is 4. The molecular weight excluding hydrogens is 446 g/mol. The first-order valence-electron chi connectivity index (χ1n) is 9.58. The van der Waals surface area contributed by atoms with Crippen molar-refractivity contribution in [2.24, 2.45) is 0 Å². The molecule has 0 radical (unpaired) electrons. The van der Waals surface area contributed by atoms with Gasteiger partial charge in [-0.15, -0.1) is 34.0 Å². The highest BCUT2D eigenvalue weighted by Crippen LogP contribution is 2.45. The van der Waals surface area contributed by atoms with Gasteiger partial charge in [-0.2, -0.15) is 0 Å². The molecule has 0 saturated heterocycles. The Morgan fingerprint density at radius 3 is 2.47 bits per heavy atom. The van der Waals surface area contributed by atoms with Crippen LogP contribution in [0, 0.1) is 0 Å². The first kappa shape index (κ1) is 17.2. The third-order valence-electron chi connectivity index (χ3n) is 5.59. The van der Waals surface area contributed by atoms with Crippen LogP contribution in [-0.2, 0) is 0 Å². The molecule has 142 valence electrons. The van der Waals surface area contributed by atoms with Crippen LogP contribution in [0.4, 0.5) is 0 Å². The minimum atomic E-state index is 0.821. The molecule has 0 aliphatic heterocycles. The molecule has 30 heavy (non-hydrogen) atoms. The van der Waals surface area contributed by atoms with Gasteiger partial charge in [-0.3, -0.25) is 0 Å². The van der Waals surface area contributed by atoms with E-state index in [9.17, 15) is 0 Å². The fourth-order valence-electron chi connectivity index (χ4n) is 4.22. The lowest BCUT2D eigenvalue weighted by Gasteiger charge is -1.97. The summed E-state index contributed by atoms with van der Waals surface area (Å²) in [4.78, 5) is 5.00. The number of rotatable bonds is 1. The van der Waals surface area contributed by atoms with Crippen LogP contribution in [0.2, 0.25) is 5.02 Å². The number of thiophene rings is 2. The second kappa shape index (κ2) is 6.25. The third kappa shape index (κ3) is 2.36. The number of fused-ring (bicyclic) bond motifs is 8. The predicted octanol–water partition coefficient (Wildman–Crippen LogP) is 9.35. The van der Waals surface area contributed by atoms with Crippen molar-refractivity contribution in [2.45, 2.75) is 0 Å². The quantitative estimate of drug-likeness (QED) is 0.239. The summed E-state index contributed by atoms with van der Waals surface area (Å²) in [5.41, 5.74) is 2.24. The summed E-state index contributed by atoms with van der Waals surface area (Å²) in [5, 5.41) is 7.04. The van der Waals surface area contributed by atoms with Gasteiger partial charge in [0.1, 0.15) is 5.01 Å². The van der Waals surface area contributed by atoms with Crippen molar-refractivity contribution in [1.82, 2.24) is 4.98 Å². The van der Waals surface area contributed by atoms with Crippen LogP contribution in [0.25, 0.3) is 61.1 Å². The van der Waals surface area contributed by atoms with E-state index in [1.54, 1.807) is 22.7 Å². The molecule has 5 heteroatoms. The second-order valence-corrected chi connectivity index (χ2v) is 10.9. The van der Waals surface area contributed by atoms with Gasteiger partial charge in [0.05, 0.1) is 19.9 Å². The highest BCUT2D eigenvalue weighted by atomic mass is 35.5. The number of nitrogens with zero attached hydrogens (tertiary/aromatic N) is 1. The fourth-order valence-corrected chi connectivity index (χ4v) is 7.95. The number of thiazole rings is 1. The van der Waals surface area contributed by atoms with Gasteiger partial charge in [0.25, 0.3) is 0 Å². The Morgan fingerprint density at radius 1 is 0.633 bits per heavy atom. The van der Waals surface area contributed by atoms with E-state index in [1.165, 1.54) is 45.9 Å². The maximum absolute atomic E-state index is 6.47. The summed E-state index contributed by atoms with van der Waals surface area (Å²) in [6.07, 6.45) is 0. The second-order valence-electron chi connectivity index (χ2n) is 7.33. The molecular formula is C25H12ClNS3. The van der Waals surface area contributed by atoms with E-state index in [-0.39, 0.29) is 0 Å². The first-order valence-corrected chi connectivity index (χ1v) is 12.4. The van der Waals surface area contributed by atoms with Gasteiger partial charge in [0, 0.05) is 41.2 Å². The fraction of sp³-hybridized carbons (Fsp3) is 0. The molecule has 0 bridgehead atoms. The summed E-state index contributed by atoms with van der Waals surface area (Å²) in [6, 6.07) is 25.8. The zero-order valence-corrected chi connectivity index (χ0v) is 18.7. The van der Waals surface area contributed by atoms with Gasteiger partial charge in [0.15, 0.2) is 0 Å². The van der Waals surface area contributed by atoms with E-state index >= 15 is 0 Å². The summed E-state index contributed by atoms with van der Waals surface area (Å²) < 4.78 is 6.31. The van der Waals surface area contributed by atoms with Crippen LogP contribution in [0.3, 0.4) is 0 Å². The minimum Gasteiger partial charge on any atom is -0.236 e. The van der Waals surface area contributed by atoms with Crippen LogP contribution in [0.1, 0.15) is 0 Å². The van der Waals surface area contributed by atoms with Crippen LogP contribution >= 0.6 is 45.6 Å². The average molecular weight is 458 g/mol. The van der Waals surface area contributed by atoms with Crippen LogP contribution < -0.4 is 0 Å². The zero-order valence-electron chi connectivity index (χ0n) is 15.5. The van der Waals surface area contributed by atoms with Gasteiger partial charge < -0.3 is 0 Å². The number of hydrogen-bond donors (Lipinski definition) is 0. The van der Waals surface area contributed by atoms with Gasteiger partial charge in [-0.25, -0.2) is 4.98 Å². The summed E-state index contributed by atoms with van der Waals surface area (Å²) in [6.45, 7) is 0. The molecule has 0 fully saturated rings. The predicted molar refractivity (Wildman–Crippen MR) is 136 cm³/mol. The molecule has 0 unspecified atom stereocenters. The monoisotopic (exact) mass is 457 g/mol. The summed E-state index contributed by atoms with van der Waals surface area (Å²) in [5.74, 6) is 0. The molecule has 0 spiro atoms. The molecule has 0 aliphatic rings. The topological polar surface area (TPSA) is 12.9 Å². The standard InChI is InChI=1S/C25H12ClNS3/c26-17-6-3-5-16-22-20(29-23(16)17)11-10-18-24(22)30-25(27-18)13-8-9-15-14-4-1-2-7-19(14)28-21(15)12-13/h1-12H. The van der Waals surface area contributed by atoms with Gasteiger partial charge in [0.2, 0.25) is 0 Å². The maximum Gasteiger partial charge on any atom is 0.124 e. The molecule has 3 heterocycles. The molecule has 7 rings (SSSR count). The van der Waals surface area contributed by atoms with Gasteiger partial charge in [-0.05, 0) is 30.3 Å². The van der Waals surface area contributed by atoms with Gasteiger partial charge in [-0.1, -0.05) is 54.1 Å². The normalized spacial score (nSPS) is 12.2. The van der Waals surface area contributed by atoms with E-state index in [1.807, 2.05) is 23.5 Å². The molecule has 4 aromatic carbocycles. The van der Waals surface area contributed by atoms with E-state index in [0.717, 1.165) is 20.2 Å². The van der Waals surface area contributed by atoms with Crippen molar-refractivity contribution in [2.75, 3.05) is 0 Å². The van der Waals surface area contributed by atoms with Gasteiger partial charge >= 0.3 is 0 Å². The number of hydrogen-bond acceptors (Lipinski definition) is 4. The lowest BCUT2D eigenvalue weighted by atomic mass is 10.1. The zero-order chi connectivity index (χ0) is 19.8. The molecule has 3 aromatic heterocycles. The SMILES string of the molecule is Clc1cccc2c1sc1ccc3nc(-c4ccc5c(c4)sc4ccccc45)sc3c12. The summed E-state index contributed by atoms with van der Waals surface area (Å²) in [7, 11) is 0. The van der Waals surface area contributed by atoms with Crippen LogP contribution in [0.15, 0.2) is 72.8 Å². The number of halogens is 1. The van der Waals surface area contributed by atoms with E-state index in [4.69, 9.17) is 16.6 Å². The van der Waals surface area contributed by atoms with E-state index in [2.05, 4.69) is 60.7 Å². The summed E-state index contributed by atoms with van der Waals surface area (Å²) >= 11 is 11.9.